The van der Waals surface area contributed by atoms with E-state index < -0.39 is 0 Å². The summed E-state index contributed by atoms with van der Waals surface area (Å²) in [6, 6.07) is 8.42. The average molecular weight is 313 g/mol. The Kier molecular flexibility index (Phi) is 5.67. The third-order valence-electron chi connectivity index (χ3n) is 5.02. The number of fused-ring (bicyclic) bond motifs is 1. The van der Waals surface area contributed by atoms with Crippen LogP contribution in [0.1, 0.15) is 50.8 Å². The fourth-order valence-electron chi connectivity index (χ4n) is 3.76. The van der Waals surface area contributed by atoms with Crippen LogP contribution in [0.15, 0.2) is 24.3 Å². The van der Waals surface area contributed by atoms with Crippen molar-refractivity contribution in [1.29, 1.82) is 0 Å². The summed E-state index contributed by atoms with van der Waals surface area (Å²) in [7, 11) is 0. The zero-order chi connectivity index (χ0) is 15.9. The van der Waals surface area contributed by atoms with Crippen molar-refractivity contribution in [2.45, 2.75) is 57.9 Å². The maximum absolute atomic E-state index is 10.4. The molecule has 23 heavy (non-hydrogen) atoms. The van der Waals surface area contributed by atoms with E-state index in [0.29, 0.717) is 0 Å². The molecule has 1 aromatic heterocycles. The predicted octanol–water partition coefficient (Wildman–Crippen LogP) is 3.69. The highest BCUT2D eigenvalue weighted by atomic mass is 16.1. The SMILES string of the molecule is O=CNCCCc1nc2ccccc2n1CCC1CCCCC1. The van der Waals surface area contributed by atoms with Crippen molar-refractivity contribution in [1.82, 2.24) is 14.9 Å². The van der Waals surface area contributed by atoms with Crippen molar-refractivity contribution < 1.29 is 4.79 Å². The van der Waals surface area contributed by atoms with Crippen molar-refractivity contribution in [2.24, 2.45) is 5.92 Å². The van der Waals surface area contributed by atoms with Gasteiger partial charge in [0.15, 0.2) is 0 Å². The van der Waals surface area contributed by atoms with E-state index in [1.807, 2.05) is 0 Å². The minimum Gasteiger partial charge on any atom is -0.359 e. The van der Waals surface area contributed by atoms with E-state index in [1.54, 1.807) is 0 Å². The monoisotopic (exact) mass is 313 g/mol. The van der Waals surface area contributed by atoms with Crippen molar-refractivity contribution in [3.63, 3.8) is 0 Å². The van der Waals surface area contributed by atoms with Crippen LogP contribution < -0.4 is 5.32 Å². The second-order valence-corrected chi connectivity index (χ2v) is 6.64. The smallest absolute Gasteiger partial charge is 0.207 e. The second-order valence-electron chi connectivity index (χ2n) is 6.64. The number of nitrogens with zero attached hydrogens (tertiary/aromatic N) is 2. The zero-order valence-electron chi connectivity index (χ0n) is 13.8. The molecule has 3 rings (SSSR count). The fraction of sp³-hybridized carbons (Fsp3) is 0.579. The first-order chi connectivity index (χ1) is 11.4. The van der Waals surface area contributed by atoms with Crippen LogP contribution in [0.5, 0.6) is 0 Å². The Labute approximate surface area is 138 Å². The maximum atomic E-state index is 10.4. The van der Waals surface area contributed by atoms with Crippen LogP contribution in [0.4, 0.5) is 0 Å². The lowest BCUT2D eigenvalue weighted by atomic mass is 9.87. The number of aryl methyl sites for hydroxylation is 2. The van der Waals surface area contributed by atoms with Crippen molar-refractivity contribution in [3.8, 4) is 0 Å². The quantitative estimate of drug-likeness (QED) is 0.597. The van der Waals surface area contributed by atoms with Gasteiger partial charge in [-0.3, -0.25) is 4.79 Å². The lowest BCUT2D eigenvalue weighted by Gasteiger charge is -2.22. The molecule has 0 radical (unpaired) electrons. The normalized spacial score (nSPS) is 15.8. The van der Waals surface area contributed by atoms with E-state index >= 15 is 0 Å². The number of hydrogen-bond donors (Lipinski definition) is 1. The Bertz CT molecular complexity index is 629. The first kappa shape index (κ1) is 16.0. The summed E-state index contributed by atoms with van der Waals surface area (Å²) in [6.07, 6.45) is 10.9. The Balaban J connectivity index is 1.70. The van der Waals surface area contributed by atoms with E-state index in [4.69, 9.17) is 4.98 Å². The van der Waals surface area contributed by atoms with Gasteiger partial charge in [-0.2, -0.15) is 0 Å². The topological polar surface area (TPSA) is 46.9 Å². The summed E-state index contributed by atoms with van der Waals surface area (Å²) >= 11 is 0. The summed E-state index contributed by atoms with van der Waals surface area (Å²) < 4.78 is 2.41. The van der Waals surface area contributed by atoms with Gasteiger partial charge < -0.3 is 9.88 Å². The highest BCUT2D eigenvalue weighted by Gasteiger charge is 2.15. The van der Waals surface area contributed by atoms with Gasteiger partial charge in [-0.15, -0.1) is 0 Å². The van der Waals surface area contributed by atoms with Gasteiger partial charge in [0.05, 0.1) is 11.0 Å². The minimum absolute atomic E-state index is 0.718. The Morgan fingerprint density at radius 3 is 2.87 bits per heavy atom. The van der Waals surface area contributed by atoms with Gasteiger partial charge in [-0.25, -0.2) is 4.98 Å². The lowest BCUT2D eigenvalue weighted by Crippen LogP contribution is -2.15. The summed E-state index contributed by atoms with van der Waals surface area (Å²) in [5, 5.41) is 2.74. The van der Waals surface area contributed by atoms with E-state index in [9.17, 15) is 4.79 Å². The van der Waals surface area contributed by atoms with Crippen LogP contribution in [0.2, 0.25) is 0 Å². The number of carbonyl (C=O) groups excluding carboxylic acids is 1. The summed E-state index contributed by atoms with van der Waals surface area (Å²) in [4.78, 5) is 15.2. The first-order valence-corrected chi connectivity index (χ1v) is 8.99. The van der Waals surface area contributed by atoms with Gasteiger partial charge in [-0.05, 0) is 30.9 Å². The molecule has 1 fully saturated rings. The second kappa shape index (κ2) is 8.14. The van der Waals surface area contributed by atoms with Gasteiger partial charge in [0.2, 0.25) is 6.41 Å². The summed E-state index contributed by atoms with van der Waals surface area (Å²) in [5.74, 6) is 2.05. The highest BCUT2D eigenvalue weighted by molar-refractivity contribution is 5.75. The molecule has 0 saturated heterocycles. The predicted molar refractivity (Wildman–Crippen MR) is 93.3 cm³/mol. The van der Waals surface area contributed by atoms with E-state index in [-0.39, 0.29) is 0 Å². The minimum atomic E-state index is 0.718. The summed E-state index contributed by atoms with van der Waals surface area (Å²) in [5.41, 5.74) is 2.34. The van der Waals surface area contributed by atoms with Gasteiger partial charge in [-0.1, -0.05) is 44.2 Å². The molecule has 1 aliphatic rings. The molecule has 0 unspecified atom stereocenters. The number of imidazole rings is 1. The van der Waals surface area contributed by atoms with Gasteiger partial charge in [0.25, 0.3) is 0 Å². The standard InChI is InChI=1S/C19H27N3O/c23-15-20-13-6-11-19-21-17-9-4-5-10-18(17)22(19)14-12-16-7-2-1-3-8-16/h4-5,9-10,15-16H,1-3,6-8,11-14H2,(H,20,23). The molecule has 0 aliphatic heterocycles. The van der Waals surface area contributed by atoms with Crippen LogP contribution in [0, 0.1) is 5.92 Å². The number of benzene rings is 1. The molecular formula is C19H27N3O. The molecule has 1 saturated carbocycles. The molecule has 1 amide bonds. The van der Waals surface area contributed by atoms with Gasteiger partial charge in [0.1, 0.15) is 5.82 Å². The molecule has 0 bridgehead atoms. The number of nitrogens with one attached hydrogen (secondary N) is 1. The Hall–Kier alpha value is -1.84. The van der Waals surface area contributed by atoms with Crippen LogP contribution >= 0.6 is 0 Å². The molecule has 1 aromatic carbocycles. The molecular weight excluding hydrogens is 286 g/mol. The van der Waals surface area contributed by atoms with Crippen LogP contribution in [0.3, 0.4) is 0 Å². The van der Waals surface area contributed by atoms with Crippen LogP contribution in [-0.2, 0) is 17.8 Å². The van der Waals surface area contributed by atoms with Crippen LogP contribution in [0.25, 0.3) is 11.0 Å². The number of carbonyl (C=O) groups is 1. The molecule has 0 spiro atoms. The molecule has 124 valence electrons. The summed E-state index contributed by atoms with van der Waals surface area (Å²) in [6.45, 7) is 1.79. The molecule has 4 nitrogen and oxygen atoms in total. The third kappa shape index (κ3) is 4.12. The van der Waals surface area contributed by atoms with Gasteiger partial charge >= 0.3 is 0 Å². The van der Waals surface area contributed by atoms with Gasteiger partial charge in [0, 0.05) is 19.5 Å². The molecule has 1 N–H and O–H groups in total. The molecule has 1 heterocycles. The van der Waals surface area contributed by atoms with E-state index in [1.165, 1.54) is 44.0 Å². The molecule has 1 aliphatic carbocycles. The van der Waals surface area contributed by atoms with E-state index in [2.05, 4.69) is 34.1 Å². The number of amides is 1. The van der Waals surface area contributed by atoms with Crippen LogP contribution in [-0.4, -0.2) is 22.5 Å². The largest absolute Gasteiger partial charge is 0.359 e. The lowest BCUT2D eigenvalue weighted by molar-refractivity contribution is -0.109. The Morgan fingerprint density at radius 2 is 2.04 bits per heavy atom. The van der Waals surface area contributed by atoms with Crippen molar-refractivity contribution in [2.75, 3.05) is 6.54 Å². The number of para-hydroxylation sites is 2. The number of hydrogen-bond acceptors (Lipinski definition) is 2. The third-order valence-corrected chi connectivity index (χ3v) is 5.02. The van der Waals surface area contributed by atoms with Crippen molar-refractivity contribution in [3.05, 3.63) is 30.1 Å². The average Bonchev–Trinajstić information content (AvgIpc) is 2.95. The fourth-order valence-corrected chi connectivity index (χ4v) is 3.76. The number of rotatable bonds is 8. The van der Waals surface area contributed by atoms with Crippen molar-refractivity contribution >= 4 is 17.4 Å². The Morgan fingerprint density at radius 1 is 1.22 bits per heavy atom. The molecule has 4 heteroatoms. The molecule has 0 atom stereocenters. The van der Waals surface area contributed by atoms with E-state index in [0.717, 1.165) is 49.6 Å². The highest BCUT2D eigenvalue weighted by Crippen LogP contribution is 2.28. The molecule has 2 aromatic rings. The maximum Gasteiger partial charge on any atom is 0.207 e. The number of aromatic nitrogens is 2. The first-order valence-electron chi connectivity index (χ1n) is 8.99. The zero-order valence-corrected chi connectivity index (χ0v) is 13.8.